The van der Waals surface area contributed by atoms with Crippen LogP contribution in [-0.4, -0.2) is 25.0 Å². The number of rotatable bonds is 1. The minimum atomic E-state index is -3.34. The lowest BCUT2D eigenvalue weighted by Crippen LogP contribution is -2.36. The first kappa shape index (κ1) is 11.4. The van der Waals surface area contributed by atoms with Crippen molar-refractivity contribution in [2.24, 2.45) is 0 Å². The predicted octanol–water partition coefficient (Wildman–Crippen LogP) is 1.77. The largest absolute Gasteiger partial charge is 0.508 e. The van der Waals surface area contributed by atoms with Gasteiger partial charge in [-0.1, -0.05) is 18.2 Å². The van der Waals surface area contributed by atoms with Crippen molar-refractivity contribution < 1.29 is 17.9 Å². The summed E-state index contributed by atoms with van der Waals surface area (Å²) in [5.41, 5.74) is -1.86. The van der Waals surface area contributed by atoms with Crippen LogP contribution in [0.15, 0.2) is 24.3 Å². The van der Waals surface area contributed by atoms with E-state index in [4.69, 9.17) is 0 Å². The highest BCUT2D eigenvalue weighted by atomic mass is 32.2. The summed E-state index contributed by atoms with van der Waals surface area (Å²) >= 11 is 0. The summed E-state index contributed by atoms with van der Waals surface area (Å²) in [7, 11) is -3.34. The molecule has 1 aliphatic rings. The van der Waals surface area contributed by atoms with Gasteiger partial charge in [0.25, 0.3) is 0 Å². The summed E-state index contributed by atoms with van der Waals surface area (Å²) in [4.78, 5) is 0. The van der Waals surface area contributed by atoms with Gasteiger partial charge in [-0.15, -0.1) is 0 Å². The van der Waals surface area contributed by atoms with Crippen LogP contribution in [0.1, 0.15) is 18.4 Å². The number of aromatic hydroxyl groups is 1. The van der Waals surface area contributed by atoms with Gasteiger partial charge < -0.3 is 5.11 Å². The molecule has 0 radical (unpaired) electrons. The van der Waals surface area contributed by atoms with E-state index in [1.54, 1.807) is 12.1 Å². The third kappa shape index (κ3) is 2.04. The van der Waals surface area contributed by atoms with E-state index in [-0.39, 0.29) is 23.5 Å². The van der Waals surface area contributed by atoms with Crippen molar-refractivity contribution >= 4 is 9.84 Å². The van der Waals surface area contributed by atoms with Gasteiger partial charge in [0.15, 0.2) is 15.5 Å². The molecule has 0 spiro atoms. The zero-order valence-corrected chi connectivity index (χ0v) is 9.50. The standard InChI is InChI=1S/C11H13FO3S/c12-11(6-3-7-16(14,15)8-11)9-4-1-2-5-10(9)13/h1-2,4-5,13H,3,6-8H2. The molecule has 2 rings (SSSR count). The lowest BCUT2D eigenvalue weighted by atomic mass is 9.92. The summed E-state index contributed by atoms with van der Waals surface area (Å²) in [6.45, 7) is 0. The van der Waals surface area contributed by atoms with Gasteiger partial charge in [0.05, 0.1) is 11.5 Å². The predicted molar refractivity (Wildman–Crippen MR) is 58.8 cm³/mol. The molecule has 5 heteroatoms. The molecule has 1 atom stereocenters. The SMILES string of the molecule is O=S1(=O)CCCC(F)(c2ccccc2O)C1. The molecule has 1 N–H and O–H groups in total. The molecular formula is C11H13FO3S. The normalized spacial score (nSPS) is 28.8. The molecule has 3 nitrogen and oxygen atoms in total. The first-order chi connectivity index (χ1) is 7.43. The minimum absolute atomic E-state index is 0.0340. The maximum absolute atomic E-state index is 14.5. The number of para-hydroxylation sites is 1. The van der Waals surface area contributed by atoms with Crippen LogP contribution < -0.4 is 0 Å². The van der Waals surface area contributed by atoms with E-state index < -0.39 is 21.3 Å². The van der Waals surface area contributed by atoms with Gasteiger partial charge in [-0.3, -0.25) is 0 Å². The molecule has 1 saturated heterocycles. The Morgan fingerprint density at radius 3 is 2.62 bits per heavy atom. The quantitative estimate of drug-likeness (QED) is 0.819. The smallest absolute Gasteiger partial charge is 0.153 e. The number of hydrogen-bond donors (Lipinski definition) is 1. The van der Waals surface area contributed by atoms with E-state index in [9.17, 15) is 17.9 Å². The number of phenols is 1. The van der Waals surface area contributed by atoms with E-state index in [1.807, 2.05) is 0 Å². The van der Waals surface area contributed by atoms with Crippen LogP contribution in [0.5, 0.6) is 5.75 Å². The number of phenolic OH excluding ortho intramolecular Hbond substituents is 1. The van der Waals surface area contributed by atoms with Gasteiger partial charge in [0, 0.05) is 5.56 Å². The maximum Gasteiger partial charge on any atom is 0.153 e. The van der Waals surface area contributed by atoms with E-state index in [0.717, 1.165) is 0 Å². The van der Waals surface area contributed by atoms with Crippen molar-refractivity contribution in [3.05, 3.63) is 29.8 Å². The molecule has 1 aliphatic heterocycles. The van der Waals surface area contributed by atoms with Crippen molar-refractivity contribution in [3.63, 3.8) is 0 Å². The highest BCUT2D eigenvalue weighted by Crippen LogP contribution is 2.40. The highest BCUT2D eigenvalue weighted by molar-refractivity contribution is 7.91. The topological polar surface area (TPSA) is 54.4 Å². The lowest BCUT2D eigenvalue weighted by Gasteiger charge is -2.30. The molecule has 88 valence electrons. The Labute approximate surface area is 93.8 Å². The number of sulfone groups is 1. The average Bonchev–Trinajstić information content (AvgIpc) is 2.16. The Bertz CT molecular complexity index is 498. The van der Waals surface area contributed by atoms with Crippen LogP contribution in [0.4, 0.5) is 4.39 Å². The van der Waals surface area contributed by atoms with Gasteiger partial charge in [0.1, 0.15) is 5.75 Å². The molecule has 0 aliphatic carbocycles. The van der Waals surface area contributed by atoms with Gasteiger partial charge in [-0.25, -0.2) is 12.8 Å². The third-order valence-corrected chi connectivity index (χ3v) is 4.67. The molecule has 1 aromatic rings. The number of halogens is 1. The van der Waals surface area contributed by atoms with E-state index in [2.05, 4.69) is 0 Å². The average molecular weight is 244 g/mol. The van der Waals surface area contributed by atoms with Gasteiger partial charge in [-0.2, -0.15) is 0 Å². The second-order valence-electron chi connectivity index (χ2n) is 4.18. The van der Waals surface area contributed by atoms with Crippen molar-refractivity contribution in [3.8, 4) is 5.75 Å². The highest BCUT2D eigenvalue weighted by Gasteiger charge is 2.42. The summed E-state index contributed by atoms with van der Waals surface area (Å²) in [6.07, 6.45) is 0.441. The first-order valence-corrected chi connectivity index (χ1v) is 6.93. The maximum atomic E-state index is 14.5. The van der Waals surface area contributed by atoms with Crippen molar-refractivity contribution in [2.75, 3.05) is 11.5 Å². The molecule has 1 aromatic carbocycles. The number of hydrogen-bond acceptors (Lipinski definition) is 3. The molecule has 16 heavy (non-hydrogen) atoms. The Hall–Kier alpha value is -1.10. The molecule has 0 amide bonds. The summed E-state index contributed by atoms with van der Waals surface area (Å²) in [6, 6.07) is 5.99. The van der Waals surface area contributed by atoms with E-state index in [0.29, 0.717) is 6.42 Å². The second-order valence-corrected chi connectivity index (χ2v) is 6.36. The fourth-order valence-electron chi connectivity index (χ4n) is 2.13. The Morgan fingerprint density at radius 2 is 2.00 bits per heavy atom. The van der Waals surface area contributed by atoms with Gasteiger partial charge in [0.2, 0.25) is 0 Å². The summed E-state index contributed by atoms with van der Waals surface area (Å²) in [5.74, 6) is -0.675. The van der Waals surface area contributed by atoms with Crippen LogP contribution in [0.3, 0.4) is 0 Å². The molecular weight excluding hydrogens is 231 g/mol. The number of alkyl halides is 1. The molecule has 0 bridgehead atoms. The third-order valence-electron chi connectivity index (χ3n) is 2.86. The van der Waals surface area contributed by atoms with E-state index in [1.165, 1.54) is 12.1 Å². The molecule has 1 heterocycles. The monoisotopic (exact) mass is 244 g/mol. The second kappa shape index (κ2) is 3.73. The molecule has 0 saturated carbocycles. The van der Waals surface area contributed by atoms with Crippen molar-refractivity contribution in [1.82, 2.24) is 0 Å². The van der Waals surface area contributed by atoms with E-state index >= 15 is 0 Å². The zero-order chi connectivity index (χ0) is 11.8. The Balaban J connectivity index is 2.43. The fraction of sp³-hybridized carbons (Fsp3) is 0.455. The molecule has 1 unspecified atom stereocenters. The molecule has 0 aromatic heterocycles. The Morgan fingerprint density at radius 1 is 1.31 bits per heavy atom. The van der Waals surface area contributed by atoms with Crippen LogP contribution in [0.2, 0.25) is 0 Å². The van der Waals surface area contributed by atoms with Crippen molar-refractivity contribution in [1.29, 1.82) is 0 Å². The van der Waals surface area contributed by atoms with Gasteiger partial charge in [-0.05, 0) is 18.9 Å². The summed E-state index contributed by atoms with van der Waals surface area (Å²) < 4.78 is 37.4. The lowest BCUT2D eigenvalue weighted by molar-refractivity contribution is 0.168. The van der Waals surface area contributed by atoms with Crippen LogP contribution >= 0.6 is 0 Å². The Kier molecular flexibility index (Phi) is 2.66. The first-order valence-electron chi connectivity index (χ1n) is 5.11. The van der Waals surface area contributed by atoms with Crippen molar-refractivity contribution in [2.45, 2.75) is 18.5 Å². The minimum Gasteiger partial charge on any atom is -0.508 e. The van der Waals surface area contributed by atoms with Gasteiger partial charge >= 0.3 is 0 Å². The zero-order valence-electron chi connectivity index (χ0n) is 8.69. The van der Waals surface area contributed by atoms with Crippen LogP contribution in [0, 0.1) is 0 Å². The summed E-state index contributed by atoms with van der Waals surface area (Å²) in [5, 5.41) is 9.56. The van der Waals surface area contributed by atoms with Crippen LogP contribution in [-0.2, 0) is 15.5 Å². The molecule has 1 fully saturated rings. The fourth-order valence-corrected chi connectivity index (χ4v) is 3.86. The number of benzene rings is 1. The van der Waals surface area contributed by atoms with Crippen LogP contribution in [0.25, 0.3) is 0 Å².